The van der Waals surface area contributed by atoms with E-state index in [0.29, 0.717) is 35.2 Å². The SMILES string of the molecule is COc1cc(S(N)(=O)=O)ccc1NCC#Cc1cc2c(N[C@@H]3CCNC[C@@H]3F)cccc2n1CC(F)(F)F. The average molecular weight is 554 g/mol. The van der Waals surface area contributed by atoms with Gasteiger partial charge >= 0.3 is 6.18 Å². The van der Waals surface area contributed by atoms with Gasteiger partial charge in [0.2, 0.25) is 10.0 Å². The maximum atomic E-state index is 14.4. The van der Waals surface area contributed by atoms with Crippen LogP contribution in [0.1, 0.15) is 12.1 Å². The summed E-state index contributed by atoms with van der Waals surface area (Å²) in [5.41, 5.74) is 1.44. The van der Waals surface area contributed by atoms with Crippen molar-refractivity contribution in [3.05, 3.63) is 48.2 Å². The van der Waals surface area contributed by atoms with Gasteiger partial charge in [-0.3, -0.25) is 0 Å². The normalized spacial score (nSPS) is 18.1. The van der Waals surface area contributed by atoms with Crippen LogP contribution in [0.5, 0.6) is 5.75 Å². The highest BCUT2D eigenvalue weighted by atomic mass is 32.2. The van der Waals surface area contributed by atoms with Gasteiger partial charge in [0.25, 0.3) is 0 Å². The van der Waals surface area contributed by atoms with Crippen LogP contribution < -0.4 is 25.8 Å². The number of nitrogens with two attached hydrogens (primary N) is 1. The first-order valence-corrected chi connectivity index (χ1v) is 13.2. The lowest BCUT2D eigenvalue weighted by Gasteiger charge is -2.28. The van der Waals surface area contributed by atoms with Gasteiger partial charge in [-0.25, -0.2) is 17.9 Å². The van der Waals surface area contributed by atoms with Gasteiger partial charge in [0.1, 0.15) is 18.5 Å². The lowest BCUT2D eigenvalue weighted by Crippen LogP contribution is -2.45. The number of hydrogen-bond donors (Lipinski definition) is 4. The standard InChI is InChI=1S/C25H27F4N5O3S/c1-37-24-13-17(38(30,35)36)7-8-22(24)32-10-3-4-16-12-18-20(33-21-9-11-31-14-19(21)26)5-2-6-23(18)34(16)15-25(27,28)29/h2,5-8,12-13,19,21,31-33H,9-11,14-15H2,1H3,(H2,30,35,36)/t19-,21+/m0/s1. The lowest BCUT2D eigenvalue weighted by molar-refractivity contribution is -0.140. The number of primary sulfonamides is 1. The van der Waals surface area contributed by atoms with Crippen molar-refractivity contribution in [3.8, 4) is 17.6 Å². The van der Waals surface area contributed by atoms with Crippen LogP contribution in [0.4, 0.5) is 28.9 Å². The summed E-state index contributed by atoms with van der Waals surface area (Å²) in [5.74, 6) is 5.81. The maximum Gasteiger partial charge on any atom is 0.406 e. The summed E-state index contributed by atoms with van der Waals surface area (Å²) in [4.78, 5) is -0.129. The molecule has 0 radical (unpaired) electrons. The molecule has 0 spiro atoms. The van der Waals surface area contributed by atoms with Crippen LogP contribution in [0.25, 0.3) is 10.9 Å². The smallest absolute Gasteiger partial charge is 0.406 e. The van der Waals surface area contributed by atoms with Gasteiger partial charge in [0, 0.05) is 23.7 Å². The van der Waals surface area contributed by atoms with E-state index in [4.69, 9.17) is 9.88 Å². The summed E-state index contributed by atoms with van der Waals surface area (Å²) in [6.45, 7) is -0.355. The largest absolute Gasteiger partial charge is 0.495 e. The number of hydrogen-bond acceptors (Lipinski definition) is 6. The molecule has 2 atom stereocenters. The predicted octanol–water partition coefficient (Wildman–Crippen LogP) is 3.44. The average Bonchev–Trinajstić information content (AvgIpc) is 3.19. The number of piperidine rings is 1. The van der Waals surface area contributed by atoms with Crippen LogP contribution >= 0.6 is 0 Å². The molecule has 5 N–H and O–H groups in total. The van der Waals surface area contributed by atoms with Crippen LogP contribution in [0.3, 0.4) is 0 Å². The summed E-state index contributed by atoms with van der Waals surface area (Å²) in [6.07, 6.45) is -5.07. The highest BCUT2D eigenvalue weighted by molar-refractivity contribution is 7.89. The molecule has 4 rings (SSSR count). The fourth-order valence-corrected chi connectivity index (χ4v) is 4.84. The maximum absolute atomic E-state index is 14.4. The molecule has 1 aliphatic heterocycles. The number of alkyl halides is 4. The summed E-state index contributed by atoms with van der Waals surface area (Å²) in [6, 6.07) is 10.0. The van der Waals surface area contributed by atoms with Crippen LogP contribution in [0.15, 0.2) is 47.4 Å². The topological polar surface area (TPSA) is 110 Å². The molecule has 2 heterocycles. The van der Waals surface area contributed by atoms with E-state index in [9.17, 15) is 26.0 Å². The van der Waals surface area contributed by atoms with Crippen molar-refractivity contribution in [1.82, 2.24) is 9.88 Å². The Morgan fingerprint density at radius 3 is 2.68 bits per heavy atom. The molecule has 1 aromatic heterocycles. The minimum absolute atomic E-state index is 0.0301. The molecule has 1 fully saturated rings. The Morgan fingerprint density at radius 2 is 2.00 bits per heavy atom. The number of aromatic nitrogens is 1. The summed E-state index contributed by atoms with van der Waals surface area (Å²) < 4.78 is 84.1. The number of nitrogens with zero attached hydrogens (tertiary/aromatic N) is 1. The Hall–Kier alpha value is -3.47. The predicted molar refractivity (Wildman–Crippen MR) is 138 cm³/mol. The minimum atomic E-state index is -4.48. The zero-order valence-electron chi connectivity index (χ0n) is 20.4. The molecule has 3 aromatic rings. The summed E-state index contributed by atoms with van der Waals surface area (Å²) in [7, 11) is -2.57. The third kappa shape index (κ3) is 6.50. The number of benzene rings is 2. The summed E-state index contributed by atoms with van der Waals surface area (Å²) >= 11 is 0. The Kier molecular flexibility index (Phi) is 8.05. The molecule has 13 heteroatoms. The Bertz CT molecular complexity index is 1480. The van der Waals surface area contributed by atoms with E-state index in [1.807, 2.05) is 0 Å². The highest BCUT2D eigenvalue weighted by Crippen LogP contribution is 2.31. The molecule has 2 aromatic carbocycles. The monoisotopic (exact) mass is 553 g/mol. The molecule has 1 saturated heterocycles. The lowest BCUT2D eigenvalue weighted by atomic mass is 10.0. The second-order valence-corrected chi connectivity index (χ2v) is 10.4. The van der Waals surface area contributed by atoms with Gasteiger partial charge in [-0.1, -0.05) is 12.0 Å². The Morgan fingerprint density at radius 1 is 1.21 bits per heavy atom. The molecule has 0 amide bonds. The second-order valence-electron chi connectivity index (χ2n) is 8.79. The zero-order valence-corrected chi connectivity index (χ0v) is 21.2. The minimum Gasteiger partial charge on any atom is -0.495 e. The second kappa shape index (κ2) is 11.1. The Labute approximate surface area is 217 Å². The molecule has 1 aliphatic rings. The van der Waals surface area contributed by atoms with Crippen molar-refractivity contribution in [3.63, 3.8) is 0 Å². The molecular weight excluding hydrogens is 526 g/mol. The number of fused-ring (bicyclic) bond motifs is 1. The number of anilines is 2. The Balaban J connectivity index is 1.61. The number of sulfonamides is 1. The first-order chi connectivity index (χ1) is 18.0. The van der Waals surface area contributed by atoms with E-state index in [-0.39, 0.29) is 29.4 Å². The first-order valence-electron chi connectivity index (χ1n) is 11.7. The van der Waals surface area contributed by atoms with Crippen LogP contribution in [-0.4, -0.2) is 58.1 Å². The van der Waals surface area contributed by atoms with E-state index in [1.165, 1.54) is 25.3 Å². The highest BCUT2D eigenvalue weighted by Gasteiger charge is 2.30. The molecular formula is C25H27F4N5O3S. The van der Waals surface area contributed by atoms with Crippen LogP contribution in [0, 0.1) is 11.8 Å². The van der Waals surface area contributed by atoms with Crippen molar-refractivity contribution in [2.45, 2.75) is 36.3 Å². The van der Waals surface area contributed by atoms with Crippen molar-refractivity contribution in [2.24, 2.45) is 5.14 Å². The number of ether oxygens (including phenoxy) is 1. The van der Waals surface area contributed by atoms with E-state index < -0.39 is 35.0 Å². The van der Waals surface area contributed by atoms with Crippen LogP contribution in [0.2, 0.25) is 0 Å². The third-order valence-electron chi connectivity index (χ3n) is 6.12. The fourth-order valence-electron chi connectivity index (χ4n) is 4.32. The van der Waals surface area contributed by atoms with Crippen molar-refractivity contribution >= 4 is 32.3 Å². The number of nitrogens with one attached hydrogen (secondary N) is 3. The van der Waals surface area contributed by atoms with Gasteiger partial charge in [-0.05, 0) is 49.2 Å². The van der Waals surface area contributed by atoms with E-state index >= 15 is 0 Å². The molecule has 204 valence electrons. The van der Waals surface area contributed by atoms with Gasteiger partial charge in [0.15, 0.2) is 0 Å². The van der Waals surface area contributed by atoms with Crippen molar-refractivity contribution in [1.29, 1.82) is 0 Å². The molecule has 0 unspecified atom stereocenters. The van der Waals surface area contributed by atoms with E-state index in [2.05, 4.69) is 27.8 Å². The number of halogens is 4. The number of methoxy groups -OCH3 is 1. The molecule has 8 nitrogen and oxygen atoms in total. The van der Waals surface area contributed by atoms with Crippen molar-refractivity contribution in [2.75, 3.05) is 37.4 Å². The van der Waals surface area contributed by atoms with Gasteiger partial charge in [0.05, 0.1) is 41.5 Å². The van der Waals surface area contributed by atoms with Gasteiger partial charge in [-0.2, -0.15) is 13.2 Å². The quantitative estimate of drug-likeness (QED) is 0.264. The third-order valence-corrected chi connectivity index (χ3v) is 7.03. The summed E-state index contributed by atoms with van der Waals surface area (Å²) in [5, 5.41) is 14.7. The van der Waals surface area contributed by atoms with Crippen LogP contribution in [-0.2, 0) is 16.6 Å². The van der Waals surface area contributed by atoms with Crippen molar-refractivity contribution < 1.29 is 30.7 Å². The molecule has 0 aliphatic carbocycles. The van der Waals surface area contributed by atoms with Gasteiger partial charge < -0.3 is 25.3 Å². The number of rotatable bonds is 7. The molecule has 0 bridgehead atoms. The molecule has 0 saturated carbocycles. The zero-order chi connectivity index (χ0) is 27.5. The first kappa shape index (κ1) is 27.6. The molecule has 38 heavy (non-hydrogen) atoms. The van der Waals surface area contributed by atoms with E-state index in [0.717, 1.165) is 4.57 Å². The fraction of sp³-hybridized carbons (Fsp3) is 0.360. The van der Waals surface area contributed by atoms with Gasteiger partial charge in [-0.15, -0.1) is 0 Å². The van der Waals surface area contributed by atoms with E-state index in [1.54, 1.807) is 24.3 Å².